The van der Waals surface area contributed by atoms with Crippen molar-refractivity contribution in [3.63, 3.8) is 0 Å². The lowest BCUT2D eigenvalue weighted by molar-refractivity contribution is -0.142. The Morgan fingerprint density at radius 1 is 0.739 bits per heavy atom. The molecule has 2 heterocycles. The van der Waals surface area contributed by atoms with Gasteiger partial charge in [-0.1, -0.05) is 95.5 Å². The van der Waals surface area contributed by atoms with Crippen LogP contribution in [0.3, 0.4) is 0 Å². The normalized spacial score (nSPS) is 11.0. The number of aromatic nitrogens is 4. The molecule has 2 aromatic heterocycles. The summed E-state index contributed by atoms with van der Waals surface area (Å²) < 4.78 is 9.31. The minimum Gasteiger partial charge on any atom is -0.468 e. The Morgan fingerprint density at radius 2 is 1.17 bits per heavy atom. The second kappa shape index (κ2) is 21.5. The highest BCUT2D eigenvalue weighted by atomic mass is 35.5. The minimum atomic E-state index is -0.697. The van der Waals surface area contributed by atoms with Crippen LogP contribution < -0.4 is 11.1 Å². The zero-order valence-corrected chi connectivity index (χ0v) is 27.6. The van der Waals surface area contributed by atoms with Gasteiger partial charge in [0.2, 0.25) is 0 Å². The van der Waals surface area contributed by atoms with E-state index in [1.807, 2.05) is 60.7 Å². The van der Waals surface area contributed by atoms with Crippen LogP contribution in [0.15, 0.2) is 73.3 Å². The highest BCUT2D eigenvalue weighted by Gasteiger charge is 2.22. The first-order valence-corrected chi connectivity index (χ1v) is 14.1. The maximum Gasteiger partial charge on any atom is 0.328 e. The Balaban J connectivity index is 0.000000375. The molecule has 2 atom stereocenters. The molecule has 0 spiro atoms. The lowest BCUT2D eigenvalue weighted by atomic mass is 10.1. The Kier molecular flexibility index (Phi) is 18.6. The maximum atomic E-state index is 12.0. The van der Waals surface area contributed by atoms with E-state index in [1.165, 1.54) is 26.9 Å². The molecule has 4 aromatic rings. The van der Waals surface area contributed by atoms with E-state index < -0.39 is 18.1 Å². The summed E-state index contributed by atoms with van der Waals surface area (Å²) in [6.07, 6.45) is 4.37. The van der Waals surface area contributed by atoms with Gasteiger partial charge in [-0.3, -0.25) is 14.4 Å². The number of hydrogen-bond acceptors (Lipinski definition) is 12. The Labute approximate surface area is 286 Å². The highest BCUT2D eigenvalue weighted by molar-refractivity contribution is 6.36. The molecule has 0 amide bonds. The number of carbonyl (C=O) groups is 4. The summed E-state index contributed by atoms with van der Waals surface area (Å²) in [6, 6.07) is 17.8. The van der Waals surface area contributed by atoms with Crippen molar-refractivity contribution in [3.05, 3.63) is 111 Å². The molecule has 3 N–H and O–H groups in total. The number of rotatable bonds is 10. The molecule has 0 aliphatic rings. The van der Waals surface area contributed by atoms with E-state index in [9.17, 15) is 19.2 Å². The molecule has 16 heteroatoms. The smallest absolute Gasteiger partial charge is 0.328 e. The molecule has 0 aliphatic heterocycles. The maximum absolute atomic E-state index is 12.0. The predicted octanol–water partition coefficient (Wildman–Crippen LogP) is 4.89. The van der Waals surface area contributed by atoms with Gasteiger partial charge in [-0.05, 0) is 17.5 Å². The second-order valence-electron chi connectivity index (χ2n) is 8.76. The van der Waals surface area contributed by atoms with Gasteiger partial charge in [-0.2, -0.15) is 0 Å². The van der Waals surface area contributed by atoms with Crippen molar-refractivity contribution in [1.29, 1.82) is 0 Å². The topological polar surface area (TPSA) is 176 Å². The van der Waals surface area contributed by atoms with Crippen LogP contribution in [0, 0.1) is 0 Å². The molecular formula is C30H30Cl4N6O6. The standard InChI is InChI=1S/C15H14ClN3O3.C10H13NO2.C5H2Cl2N2O.ClH/c1-22-15(21)12(7-10-5-3-2-4-6-10)19-14-11(8-20)13(16)17-9-18-14;1-13-10(12)9(11)7-8-5-3-2-4-6-8;6-4-3(1-10)5(7)9-2-8-4;/h2-6,8-9,12H,7H2,1H3,(H,17,18,19);2-6,9H,7,11H2,1H3;1-2H;1H. The number of anilines is 1. The molecular weight excluding hydrogens is 682 g/mol. The molecule has 0 saturated heterocycles. The van der Waals surface area contributed by atoms with Gasteiger partial charge in [0.15, 0.2) is 12.6 Å². The largest absolute Gasteiger partial charge is 0.468 e. The summed E-state index contributed by atoms with van der Waals surface area (Å²) in [6.45, 7) is 0. The first kappa shape index (κ1) is 39.8. The number of halogens is 4. The fourth-order valence-electron chi connectivity index (χ4n) is 3.50. The molecule has 12 nitrogen and oxygen atoms in total. The summed E-state index contributed by atoms with van der Waals surface area (Å²) in [5.41, 5.74) is 7.80. The third-order valence-electron chi connectivity index (χ3n) is 5.74. The quantitative estimate of drug-likeness (QED) is 0.130. The van der Waals surface area contributed by atoms with E-state index >= 15 is 0 Å². The zero-order chi connectivity index (χ0) is 33.2. The van der Waals surface area contributed by atoms with Crippen molar-refractivity contribution in [1.82, 2.24) is 19.9 Å². The predicted molar refractivity (Wildman–Crippen MR) is 177 cm³/mol. The van der Waals surface area contributed by atoms with Gasteiger partial charge in [-0.25, -0.2) is 24.7 Å². The molecule has 2 unspecified atom stereocenters. The first-order chi connectivity index (χ1) is 21.6. The van der Waals surface area contributed by atoms with Crippen molar-refractivity contribution >= 4 is 77.5 Å². The number of esters is 2. The molecule has 4 rings (SSSR count). The SMILES string of the molecule is COC(=O)C(Cc1ccccc1)Nc1ncnc(Cl)c1C=O.COC(=O)C(N)Cc1ccccc1.Cl.O=Cc1c(Cl)ncnc1Cl. The molecule has 46 heavy (non-hydrogen) atoms. The first-order valence-electron chi connectivity index (χ1n) is 13.0. The lowest BCUT2D eigenvalue weighted by Crippen LogP contribution is -2.33. The summed E-state index contributed by atoms with van der Waals surface area (Å²) in [5.74, 6) is -0.638. The zero-order valence-electron chi connectivity index (χ0n) is 24.5. The summed E-state index contributed by atoms with van der Waals surface area (Å²) in [7, 11) is 2.64. The summed E-state index contributed by atoms with van der Waals surface area (Å²) >= 11 is 16.8. The van der Waals surface area contributed by atoms with E-state index in [-0.39, 0.29) is 50.8 Å². The average Bonchev–Trinajstić information content (AvgIpc) is 3.05. The monoisotopic (exact) mass is 710 g/mol. The Hall–Kier alpha value is -4.20. The number of nitrogens with two attached hydrogens (primary N) is 1. The third kappa shape index (κ3) is 13.0. The number of methoxy groups -OCH3 is 2. The van der Waals surface area contributed by atoms with Crippen LogP contribution in [0.2, 0.25) is 15.5 Å². The minimum absolute atomic E-state index is 0. The Morgan fingerprint density at radius 3 is 1.61 bits per heavy atom. The number of aldehydes is 2. The van der Waals surface area contributed by atoms with Crippen LogP contribution in [0.1, 0.15) is 31.8 Å². The van der Waals surface area contributed by atoms with Gasteiger partial charge in [0.1, 0.15) is 46.0 Å². The van der Waals surface area contributed by atoms with Crippen LogP contribution in [0.25, 0.3) is 0 Å². The van der Waals surface area contributed by atoms with Crippen molar-refractivity contribution in [2.45, 2.75) is 24.9 Å². The van der Waals surface area contributed by atoms with Crippen LogP contribution in [0.5, 0.6) is 0 Å². The van der Waals surface area contributed by atoms with Crippen LogP contribution in [-0.2, 0) is 31.9 Å². The van der Waals surface area contributed by atoms with Gasteiger partial charge >= 0.3 is 11.9 Å². The van der Waals surface area contributed by atoms with Crippen molar-refractivity contribution < 1.29 is 28.7 Å². The third-order valence-corrected chi connectivity index (χ3v) is 6.64. The van der Waals surface area contributed by atoms with E-state index in [0.29, 0.717) is 25.4 Å². The van der Waals surface area contributed by atoms with Crippen LogP contribution >= 0.6 is 47.2 Å². The average molecular weight is 712 g/mol. The number of nitrogens with zero attached hydrogens (tertiary/aromatic N) is 4. The van der Waals surface area contributed by atoms with Crippen LogP contribution in [0.4, 0.5) is 5.82 Å². The fourth-order valence-corrected chi connectivity index (χ4v) is 4.08. The van der Waals surface area contributed by atoms with E-state index in [4.69, 9.17) is 45.3 Å². The van der Waals surface area contributed by atoms with Crippen LogP contribution in [-0.4, -0.2) is 70.8 Å². The Bertz CT molecular complexity index is 1530. The van der Waals surface area contributed by atoms with E-state index in [1.54, 1.807) is 0 Å². The summed E-state index contributed by atoms with van der Waals surface area (Å²) in [5, 5.41) is 3.08. The molecule has 2 aromatic carbocycles. The molecule has 0 aliphatic carbocycles. The number of carbonyl (C=O) groups excluding carboxylic acids is 4. The number of nitrogens with one attached hydrogen (secondary N) is 1. The summed E-state index contributed by atoms with van der Waals surface area (Å²) in [4.78, 5) is 59.0. The van der Waals surface area contributed by atoms with E-state index in [0.717, 1.165) is 11.1 Å². The number of benzene rings is 2. The van der Waals surface area contributed by atoms with Gasteiger partial charge < -0.3 is 20.5 Å². The number of hydrogen-bond donors (Lipinski definition) is 2. The molecule has 0 fully saturated rings. The van der Waals surface area contributed by atoms with Gasteiger partial charge in [0.05, 0.1) is 25.3 Å². The van der Waals surface area contributed by atoms with Crippen molar-refractivity contribution in [2.24, 2.45) is 5.73 Å². The molecule has 0 radical (unpaired) electrons. The molecule has 244 valence electrons. The van der Waals surface area contributed by atoms with E-state index in [2.05, 4.69) is 30.0 Å². The van der Waals surface area contributed by atoms with Crippen molar-refractivity contribution in [3.8, 4) is 0 Å². The molecule has 0 bridgehead atoms. The highest BCUT2D eigenvalue weighted by Crippen LogP contribution is 2.19. The van der Waals surface area contributed by atoms with Gasteiger partial charge in [-0.15, -0.1) is 12.4 Å². The van der Waals surface area contributed by atoms with Gasteiger partial charge in [0.25, 0.3) is 0 Å². The van der Waals surface area contributed by atoms with Crippen molar-refractivity contribution in [2.75, 3.05) is 19.5 Å². The number of ether oxygens (including phenoxy) is 2. The molecule has 0 saturated carbocycles. The fraction of sp³-hybridized carbons (Fsp3) is 0.200. The second-order valence-corrected chi connectivity index (χ2v) is 9.83. The van der Waals surface area contributed by atoms with Gasteiger partial charge in [0, 0.05) is 6.42 Å². The lowest BCUT2D eigenvalue weighted by Gasteiger charge is -2.18.